The van der Waals surface area contributed by atoms with Crippen LogP contribution >= 0.6 is 11.6 Å². The van der Waals surface area contributed by atoms with E-state index < -0.39 is 17.6 Å². The fourth-order valence-corrected chi connectivity index (χ4v) is 3.74. The third kappa shape index (κ3) is 5.79. The van der Waals surface area contributed by atoms with Crippen molar-refractivity contribution in [2.45, 2.75) is 24.6 Å². The second-order valence-corrected chi connectivity index (χ2v) is 8.17. The number of amides is 1. The smallest absolute Gasteiger partial charge is 0.420 e. The molecule has 1 amide bonds. The first-order valence-corrected chi connectivity index (χ1v) is 10.8. The molecular weight excluding hydrogens is 472 g/mol. The number of nitrogens with one attached hydrogen (secondary N) is 1. The maximum Gasteiger partial charge on any atom is 0.487 e. The molecule has 0 saturated carbocycles. The molecule has 3 N–H and O–H groups in total. The van der Waals surface area contributed by atoms with Crippen LogP contribution in [0, 0.1) is 0 Å². The molecule has 1 aliphatic heterocycles. The Balaban J connectivity index is 1.58. The molecule has 1 aliphatic rings. The van der Waals surface area contributed by atoms with Crippen LogP contribution in [-0.2, 0) is 6.54 Å². The Morgan fingerprint density at radius 2 is 2.06 bits per heavy atom. The minimum absolute atomic E-state index is 0.0701. The van der Waals surface area contributed by atoms with E-state index in [4.69, 9.17) is 11.6 Å². The van der Waals surface area contributed by atoms with Crippen LogP contribution in [0.1, 0.15) is 16.8 Å². The lowest BCUT2D eigenvalue weighted by Crippen LogP contribution is -2.23. The maximum atomic E-state index is 12.9. The topological polar surface area (TPSA) is 113 Å². The highest BCUT2D eigenvalue weighted by Gasteiger charge is 2.28. The van der Waals surface area contributed by atoms with Crippen LogP contribution < -0.4 is 15.0 Å². The SMILES string of the molecule is O=C(Nc1ccc(OC(F)(F)Cl)cc1)c1cnc(N2CC[C@@H](O)C2)c(-c2cnn(CCO)c2)c1. The van der Waals surface area contributed by atoms with Gasteiger partial charge in [-0.15, -0.1) is 8.78 Å². The minimum atomic E-state index is -3.83. The van der Waals surface area contributed by atoms with E-state index in [0.717, 1.165) is 0 Å². The highest BCUT2D eigenvalue weighted by atomic mass is 35.5. The van der Waals surface area contributed by atoms with Crippen LogP contribution in [0.2, 0.25) is 0 Å². The molecule has 12 heteroatoms. The molecule has 0 spiro atoms. The summed E-state index contributed by atoms with van der Waals surface area (Å²) in [6.07, 6.45) is 4.96. The number of carbonyl (C=O) groups is 1. The standard InChI is InChI=1S/C22H22ClF2N5O4/c23-22(24,25)34-18-3-1-16(2-4-18)28-21(33)14-9-19(15-11-27-30(12-15)7-8-31)20(26-10-14)29-6-5-17(32)13-29/h1-4,9-12,17,31-32H,5-8,13H2,(H,28,33)/t17-/m1/s1. The van der Waals surface area contributed by atoms with Crippen molar-refractivity contribution in [3.8, 4) is 16.9 Å². The maximum absolute atomic E-state index is 12.9. The quantitative estimate of drug-likeness (QED) is 0.413. The second kappa shape index (κ2) is 9.92. The second-order valence-electron chi connectivity index (χ2n) is 7.73. The average molecular weight is 494 g/mol. The molecule has 2 aromatic heterocycles. The van der Waals surface area contributed by atoms with Gasteiger partial charge in [0.1, 0.15) is 11.6 Å². The number of carbonyl (C=O) groups excluding carboxylic acids is 1. The summed E-state index contributed by atoms with van der Waals surface area (Å²) in [7, 11) is 0. The molecular formula is C22H22ClF2N5O4. The van der Waals surface area contributed by atoms with Gasteiger partial charge in [-0.05, 0) is 36.8 Å². The van der Waals surface area contributed by atoms with Gasteiger partial charge < -0.3 is 25.2 Å². The van der Waals surface area contributed by atoms with Crippen molar-refractivity contribution in [1.29, 1.82) is 0 Å². The molecule has 0 radical (unpaired) electrons. The van der Waals surface area contributed by atoms with Gasteiger partial charge in [-0.1, -0.05) is 0 Å². The van der Waals surface area contributed by atoms with Crippen LogP contribution in [0.4, 0.5) is 20.3 Å². The van der Waals surface area contributed by atoms with E-state index in [2.05, 4.69) is 20.1 Å². The number of aliphatic hydroxyl groups excluding tert-OH is 2. The van der Waals surface area contributed by atoms with E-state index in [1.54, 1.807) is 23.1 Å². The zero-order valence-corrected chi connectivity index (χ0v) is 18.6. The number of β-amino-alcohol motifs (C(OH)–C–C–N with tert-alkyl or cyclic N) is 1. The summed E-state index contributed by atoms with van der Waals surface area (Å²) in [5, 5.41) is 26.0. The van der Waals surface area contributed by atoms with Gasteiger partial charge in [0.25, 0.3) is 5.91 Å². The number of ether oxygens (including phenoxy) is 1. The Labute approximate surface area is 198 Å². The molecule has 0 aliphatic carbocycles. The number of aromatic nitrogens is 3. The normalized spacial score (nSPS) is 16.0. The van der Waals surface area contributed by atoms with Gasteiger partial charge in [0.15, 0.2) is 0 Å². The molecule has 1 saturated heterocycles. The van der Waals surface area contributed by atoms with Gasteiger partial charge in [0, 0.05) is 53.9 Å². The Kier molecular flexibility index (Phi) is 6.96. The van der Waals surface area contributed by atoms with Crippen molar-refractivity contribution in [3.05, 3.63) is 54.5 Å². The first-order valence-electron chi connectivity index (χ1n) is 10.5. The van der Waals surface area contributed by atoms with Crippen molar-refractivity contribution < 1.29 is 28.5 Å². The average Bonchev–Trinajstić information content (AvgIpc) is 3.43. The zero-order valence-electron chi connectivity index (χ0n) is 17.9. The predicted octanol–water partition coefficient (Wildman–Crippen LogP) is 2.93. The first kappa shape index (κ1) is 23.9. The monoisotopic (exact) mass is 493 g/mol. The summed E-state index contributed by atoms with van der Waals surface area (Å²) in [5.74, 6) is -0.00000190. The van der Waals surface area contributed by atoms with Crippen LogP contribution in [0.3, 0.4) is 0 Å². The predicted molar refractivity (Wildman–Crippen MR) is 121 cm³/mol. The summed E-state index contributed by atoms with van der Waals surface area (Å²) in [4.78, 5) is 19.3. The Hall–Kier alpha value is -3.28. The molecule has 180 valence electrons. The number of nitrogens with zero attached hydrogens (tertiary/aromatic N) is 4. The fourth-order valence-electron chi connectivity index (χ4n) is 3.65. The lowest BCUT2D eigenvalue weighted by Gasteiger charge is -2.20. The summed E-state index contributed by atoms with van der Waals surface area (Å²) < 4.78 is 31.4. The van der Waals surface area contributed by atoms with Crippen molar-refractivity contribution in [2.75, 3.05) is 29.9 Å². The fraction of sp³-hybridized carbons (Fsp3) is 0.318. The molecule has 9 nitrogen and oxygen atoms in total. The van der Waals surface area contributed by atoms with Gasteiger partial charge in [-0.3, -0.25) is 9.48 Å². The molecule has 0 unspecified atom stereocenters. The molecule has 34 heavy (non-hydrogen) atoms. The van der Waals surface area contributed by atoms with Crippen molar-refractivity contribution in [2.24, 2.45) is 0 Å². The Bertz CT molecular complexity index is 1150. The number of hydrogen-bond acceptors (Lipinski definition) is 7. The number of anilines is 2. The van der Waals surface area contributed by atoms with Gasteiger partial charge in [0.05, 0.1) is 31.0 Å². The van der Waals surface area contributed by atoms with Crippen LogP contribution in [-0.4, -0.2) is 62.3 Å². The summed E-state index contributed by atoms with van der Waals surface area (Å²) in [5.41, 5.74) is -1.85. The van der Waals surface area contributed by atoms with E-state index in [1.807, 2.05) is 4.90 Å². The lowest BCUT2D eigenvalue weighted by atomic mass is 10.1. The Morgan fingerprint density at radius 3 is 2.71 bits per heavy atom. The third-order valence-electron chi connectivity index (χ3n) is 5.21. The summed E-state index contributed by atoms with van der Waals surface area (Å²) >= 11 is 4.76. The number of pyridine rings is 1. The van der Waals surface area contributed by atoms with Crippen molar-refractivity contribution >= 4 is 29.0 Å². The van der Waals surface area contributed by atoms with Crippen LogP contribution in [0.25, 0.3) is 11.1 Å². The summed E-state index contributed by atoms with van der Waals surface area (Å²) in [6.45, 7) is 1.29. The number of halogens is 3. The number of aliphatic hydroxyl groups is 2. The highest BCUT2D eigenvalue weighted by Crippen LogP contribution is 2.32. The van der Waals surface area contributed by atoms with Gasteiger partial charge >= 0.3 is 5.57 Å². The van der Waals surface area contributed by atoms with E-state index in [9.17, 15) is 23.8 Å². The van der Waals surface area contributed by atoms with Gasteiger partial charge in [-0.25, -0.2) is 4.98 Å². The van der Waals surface area contributed by atoms with Crippen LogP contribution in [0.15, 0.2) is 48.9 Å². The molecule has 1 fully saturated rings. The zero-order chi connectivity index (χ0) is 24.3. The summed E-state index contributed by atoms with van der Waals surface area (Å²) in [6, 6.07) is 7.00. The molecule has 3 heterocycles. The van der Waals surface area contributed by atoms with Crippen molar-refractivity contribution in [1.82, 2.24) is 14.8 Å². The van der Waals surface area contributed by atoms with Crippen LogP contribution in [0.5, 0.6) is 5.75 Å². The van der Waals surface area contributed by atoms with E-state index in [0.29, 0.717) is 48.7 Å². The first-order chi connectivity index (χ1) is 16.2. The van der Waals surface area contributed by atoms with E-state index >= 15 is 0 Å². The van der Waals surface area contributed by atoms with E-state index in [-0.39, 0.29) is 17.9 Å². The molecule has 4 rings (SSSR count). The Morgan fingerprint density at radius 1 is 1.29 bits per heavy atom. The molecule has 1 aromatic carbocycles. The lowest BCUT2D eigenvalue weighted by molar-refractivity contribution is -0.0964. The van der Waals surface area contributed by atoms with Gasteiger partial charge in [0.2, 0.25) is 0 Å². The molecule has 1 atom stereocenters. The number of benzene rings is 1. The number of alkyl halides is 3. The van der Waals surface area contributed by atoms with Gasteiger partial charge in [-0.2, -0.15) is 5.10 Å². The van der Waals surface area contributed by atoms with E-state index in [1.165, 1.54) is 30.5 Å². The molecule has 0 bridgehead atoms. The number of rotatable bonds is 8. The third-order valence-corrected chi connectivity index (χ3v) is 5.29. The number of hydrogen-bond donors (Lipinski definition) is 3. The molecule has 3 aromatic rings. The largest absolute Gasteiger partial charge is 0.487 e. The van der Waals surface area contributed by atoms with Crippen molar-refractivity contribution in [3.63, 3.8) is 0 Å². The minimum Gasteiger partial charge on any atom is -0.420 e. The highest BCUT2D eigenvalue weighted by molar-refractivity contribution is 6.20.